The number of oxazole rings is 1. The van der Waals surface area contributed by atoms with Gasteiger partial charge in [-0.1, -0.05) is 127 Å². The van der Waals surface area contributed by atoms with Crippen LogP contribution in [0.3, 0.4) is 0 Å². The van der Waals surface area contributed by atoms with Gasteiger partial charge in [-0.15, -0.1) is 0 Å². The quantitative estimate of drug-likeness (QED) is 0.164. The Kier molecular flexibility index (Phi) is 7.78. The van der Waals surface area contributed by atoms with Gasteiger partial charge in [-0.25, -0.2) is 4.98 Å². The Bertz CT molecular complexity index is 3200. The minimum absolute atomic E-state index is 0.632. The maximum Gasteiger partial charge on any atom is 0.227 e. The molecule has 0 radical (unpaired) electrons. The molecule has 57 heavy (non-hydrogen) atoms. The standard InChI is InChI=1S/C53H35N3O/c1-4-12-36(13-5-1)37-22-27-43(28-23-37)55(45-31-33-51-48(35-45)46-18-10-11-19-50(46)56(51)42-16-8-3-9-17-42)44-29-24-38(25-30-44)41-21-20-39-26-32-49-52(47(39)34-41)57-53(54-49)40-14-6-2-7-15-40/h1-35H. The van der Waals surface area contributed by atoms with Gasteiger partial charge in [0.2, 0.25) is 5.89 Å². The van der Waals surface area contributed by atoms with Crippen LogP contribution in [0, 0.1) is 0 Å². The van der Waals surface area contributed by atoms with Gasteiger partial charge in [-0.3, -0.25) is 0 Å². The van der Waals surface area contributed by atoms with Gasteiger partial charge in [-0.05, 0) is 113 Å². The molecule has 0 unspecified atom stereocenters. The van der Waals surface area contributed by atoms with E-state index in [0.717, 1.165) is 61.3 Å². The fraction of sp³-hybridized carbons (Fsp3) is 0. The molecule has 0 fully saturated rings. The van der Waals surface area contributed by atoms with Crippen LogP contribution in [0.1, 0.15) is 0 Å². The number of aromatic nitrogens is 2. The third-order valence-electron chi connectivity index (χ3n) is 11.0. The van der Waals surface area contributed by atoms with E-state index in [4.69, 9.17) is 9.40 Å². The number of hydrogen-bond donors (Lipinski definition) is 0. The fourth-order valence-electron chi connectivity index (χ4n) is 8.23. The predicted octanol–water partition coefficient (Wildman–Crippen LogP) is 14.5. The van der Waals surface area contributed by atoms with Crippen LogP contribution in [0.15, 0.2) is 217 Å². The molecular weight excluding hydrogens is 695 g/mol. The Morgan fingerprint density at radius 1 is 0.386 bits per heavy atom. The summed E-state index contributed by atoms with van der Waals surface area (Å²) < 4.78 is 8.77. The Morgan fingerprint density at radius 3 is 1.65 bits per heavy atom. The third-order valence-corrected chi connectivity index (χ3v) is 11.0. The number of nitrogens with zero attached hydrogens (tertiary/aromatic N) is 3. The molecule has 0 N–H and O–H groups in total. The largest absolute Gasteiger partial charge is 0.435 e. The average molecular weight is 730 g/mol. The number of fused-ring (bicyclic) bond motifs is 6. The normalized spacial score (nSPS) is 11.5. The molecule has 268 valence electrons. The maximum absolute atomic E-state index is 6.41. The van der Waals surface area contributed by atoms with Crippen LogP contribution in [-0.2, 0) is 0 Å². The Hall–Kier alpha value is -7.69. The lowest BCUT2D eigenvalue weighted by Crippen LogP contribution is -2.10. The van der Waals surface area contributed by atoms with Crippen LogP contribution < -0.4 is 4.90 Å². The van der Waals surface area contributed by atoms with Gasteiger partial charge in [0, 0.05) is 44.5 Å². The lowest BCUT2D eigenvalue weighted by atomic mass is 10.00. The molecule has 0 amide bonds. The molecule has 0 spiro atoms. The summed E-state index contributed by atoms with van der Waals surface area (Å²) in [5.41, 5.74) is 14.0. The first-order valence-electron chi connectivity index (χ1n) is 19.3. The van der Waals surface area contributed by atoms with Crippen molar-refractivity contribution in [3.8, 4) is 39.4 Å². The summed E-state index contributed by atoms with van der Waals surface area (Å²) in [6.45, 7) is 0. The van der Waals surface area contributed by atoms with Gasteiger partial charge in [-0.2, -0.15) is 0 Å². The molecule has 0 atom stereocenters. The van der Waals surface area contributed by atoms with Crippen LogP contribution in [0.2, 0.25) is 0 Å². The molecule has 0 aliphatic rings. The van der Waals surface area contributed by atoms with E-state index in [9.17, 15) is 0 Å². The zero-order valence-corrected chi connectivity index (χ0v) is 31.0. The van der Waals surface area contributed by atoms with E-state index < -0.39 is 0 Å². The molecule has 2 heterocycles. The van der Waals surface area contributed by atoms with Crippen molar-refractivity contribution in [3.05, 3.63) is 212 Å². The summed E-state index contributed by atoms with van der Waals surface area (Å²) in [6, 6.07) is 75.3. The van der Waals surface area contributed by atoms with Crippen molar-refractivity contribution in [1.82, 2.24) is 9.55 Å². The van der Waals surface area contributed by atoms with Crippen LogP contribution in [-0.4, -0.2) is 9.55 Å². The van der Waals surface area contributed by atoms with Crippen molar-refractivity contribution in [2.45, 2.75) is 0 Å². The molecule has 0 aliphatic heterocycles. The van der Waals surface area contributed by atoms with Gasteiger partial charge in [0.25, 0.3) is 0 Å². The molecule has 0 aliphatic carbocycles. The van der Waals surface area contributed by atoms with Gasteiger partial charge in [0.1, 0.15) is 5.52 Å². The van der Waals surface area contributed by atoms with E-state index in [1.165, 1.54) is 32.9 Å². The van der Waals surface area contributed by atoms with Crippen molar-refractivity contribution < 1.29 is 4.42 Å². The second kappa shape index (κ2) is 13.6. The van der Waals surface area contributed by atoms with Crippen LogP contribution in [0.5, 0.6) is 0 Å². The van der Waals surface area contributed by atoms with Crippen molar-refractivity contribution in [1.29, 1.82) is 0 Å². The van der Waals surface area contributed by atoms with Gasteiger partial charge in [0.05, 0.1) is 11.0 Å². The van der Waals surface area contributed by atoms with Gasteiger partial charge >= 0.3 is 0 Å². The summed E-state index contributed by atoms with van der Waals surface area (Å²) in [4.78, 5) is 7.18. The van der Waals surface area contributed by atoms with Crippen LogP contribution in [0.25, 0.3) is 83.1 Å². The van der Waals surface area contributed by atoms with E-state index >= 15 is 0 Å². The number of rotatable bonds is 7. The molecule has 11 rings (SSSR count). The minimum Gasteiger partial charge on any atom is -0.435 e. The molecule has 0 saturated heterocycles. The van der Waals surface area contributed by atoms with E-state index in [1.54, 1.807) is 0 Å². The second-order valence-electron chi connectivity index (χ2n) is 14.4. The highest BCUT2D eigenvalue weighted by Gasteiger charge is 2.18. The van der Waals surface area contributed by atoms with Crippen molar-refractivity contribution in [2.24, 2.45) is 0 Å². The number of para-hydroxylation sites is 2. The zero-order valence-electron chi connectivity index (χ0n) is 31.0. The molecule has 0 saturated carbocycles. The Labute approximate surface area is 330 Å². The highest BCUT2D eigenvalue weighted by molar-refractivity contribution is 6.11. The summed E-state index contributed by atoms with van der Waals surface area (Å²) in [5, 5.41) is 4.60. The SMILES string of the molecule is c1ccc(-c2ccc(N(c3ccc(-c4ccc5ccc6nc(-c7ccccc7)oc6c5c4)cc3)c3ccc4c(c3)c3ccccc3n4-c3ccccc3)cc2)cc1. The van der Waals surface area contributed by atoms with E-state index in [1.807, 2.05) is 36.4 Å². The number of benzene rings is 9. The number of anilines is 3. The highest BCUT2D eigenvalue weighted by Crippen LogP contribution is 2.41. The van der Waals surface area contributed by atoms with Crippen molar-refractivity contribution >= 4 is 60.7 Å². The molecule has 11 aromatic rings. The first-order valence-corrected chi connectivity index (χ1v) is 19.3. The summed E-state index contributed by atoms with van der Waals surface area (Å²) in [5.74, 6) is 0.632. The zero-order chi connectivity index (χ0) is 37.7. The first kappa shape index (κ1) is 32.7. The topological polar surface area (TPSA) is 34.2 Å². The highest BCUT2D eigenvalue weighted by atomic mass is 16.3. The predicted molar refractivity (Wildman–Crippen MR) is 237 cm³/mol. The Balaban J connectivity index is 1.02. The molecule has 2 aromatic heterocycles. The number of hydrogen-bond acceptors (Lipinski definition) is 3. The van der Waals surface area contributed by atoms with Crippen LogP contribution in [0.4, 0.5) is 17.1 Å². The van der Waals surface area contributed by atoms with Crippen LogP contribution >= 0.6 is 0 Å². The molecular formula is C53H35N3O. The molecule has 9 aromatic carbocycles. The van der Waals surface area contributed by atoms with Gasteiger partial charge < -0.3 is 13.9 Å². The third kappa shape index (κ3) is 5.74. The van der Waals surface area contributed by atoms with E-state index in [-0.39, 0.29) is 0 Å². The molecule has 4 nitrogen and oxygen atoms in total. The molecule has 4 heteroatoms. The van der Waals surface area contributed by atoms with E-state index in [2.05, 4.69) is 185 Å². The summed E-state index contributed by atoms with van der Waals surface area (Å²) >= 11 is 0. The lowest BCUT2D eigenvalue weighted by molar-refractivity contribution is 0.623. The maximum atomic E-state index is 6.41. The average Bonchev–Trinajstić information content (AvgIpc) is 3.88. The smallest absolute Gasteiger partial charge is 0.227 e. The first-order chi connectivity index (χ1) is 28.2. The van der Waals surface area contributed by atoms with E-state index in [0.29, 0.717) is 5.89 Å². The minimum atomic E-state index is 0.632. The monoisotopic (exact) mass is 729 g/mol. The summed E-state index contributed by atoms with van der Waals surface area (Å²) in [7, 11) is 0. The van der Waals surface area contributed by atoms with Gasteiger partial charge in [0.15, 0.2) is 5.58 Å². The van der Waals surface area contributed by atoms with Crippen molar-refractivity contribution in [2.75, 3.05) is 4.90 Å². The second-order valence-corrected chi connectivity index (χ2v) is 14.4. The lowest BCUT2D eigenvalue weighted by Gasteiger charge is -2.26. The fourth-order valence-corrected chi connectivity index (χ4v) is 8.23. The van der Waals surface area contributed by atoms with Crippen molar-refractivity contribution in [3.63, 3.8) is 0 Å². The Morgan fingerprint density at radius 2 is 0.930 bits per heavy atom. The molecule has 0 bridgehead atoms. The summed E-state index contributed by atoms with van der Waals surface area (Å²) in [6.07, 6.45) is 0.